The second kappa shape index (κ2) is 8.28. The third-order valence-corrected chi connectivity index (χ3v) is 11.7. The number of ether oxygens (including phenoxy) is 1. The highest BCUT2D eigenvalue weighted by atomic mass is 16.5. The van der Waals surface area contributed by atoms with Gasteiger partial charge in [0.05, 0.1) is 18.2 Å². The minimum atomic E-state index is -0.491. The Morgan fingerprint density at radius 3 is 2.69 bits per heavy atom. The SMILES string of the molecule is COc1ccc2nnn(CC(=O)C3[C@H](C)C[C@H]4[C@@H]5CC[C@H]6C[C@](C)(O)CC[C@]6(C)[C@H]5CC[C@]34C)c2c1. The number of ketones is 1. The number of methoxy groups -OCH3 is 1. The van der Waals surface area contributed by atoms with Gasteiger partial charge in [-0.1, -0.05) is 26.0 Å². The Morgan fingerprint density at radius 2 is 1.92 bits per heavy atom. The maximum Gasteiger partial charge on any atom is 0.158 e. The number of rotatable bonds is 4. The number of fused-ring (bicyclic) bond motifs is 6. The third-order valence-electron chi connectivity index (χ3n) is 11.7. The molecule has 196 valence electrons. The van der Waals surface area contributed by atoms with Crippen molar-refractivity contribution in [3.8, 4) is 5.75 Å². The van der Waals surface area contributed by atoms with Crippen LogP contribution in [0.25, 0.3) is 11.0 Å². The highest BCUT2D eigenvalue weighted by Crippen LogP contribution is 2.69. The quantitative estimate of drug-likeness (QED) is 0.594. The molecule has 1 heterocycles. The van der Waals surface area contributed by atoms with Crippen molar-refractivity contribution < 1.29 is 14.6 Å². The van der Waals surface area contributed by atoms with Gasteiger partial charge in [0.1, 0.15) is 17.8 Å². The molecular formula is C30H43N3O3. The normalized spacial score (nSPS) is 44.1. The maximum atomic E-state index is 14.0. The van der Waals surface area contributed by atoms with E-state index >= 15 is 0 Å². The van der Waals surface area contributed by atoms with Crippen molar-refractivity contribution in [1.82, 2.24) is 15.0 Å². The fourth-order valence-electron chi connectivity index (χ4n) is 9.92. The van der Waals surface area contributed by atoms with E-state index in [-0.39, 0.29) is 17.9 Å². The molecule has 6 rings (SSSR count). The molecule has 4 aliphatic rings. The van der Waals surface area contributed by atoms with E-state index < -0.39 is 5.60 Å². The lowest BCUT2D eigenvalue weighted by atomic mass is 9.44. The second-order valence-electron chi connectivity index (χ2n) is 13.7. The Labute approximate surface area is 215 Å². The number of benzene rings is 1. The van der Waals surface area contributed by atoms with E-state index in [1.807, 2.05) is 25.1 Å². The lowest BCUT2D eigenvalue weighted by Gasteiger charge is -2.61. The zero-order valence-electron chi connectivity index (χ0n) is 22.7. The van der Waals surface area contributed by atoms with Crippen molar-refractivity contribution in [2.24, 2.45) is 46.3 Å². The van der Waals surface area contributed by atoms with E-state index in [9.17, 15) is 9.90 Å². The van der Waals surface area contributed by atoms with Crippen LogP contribution in [0.5, 0.6) is 5.75 Å². The Bertz CT molecular complexity index is 1170. The average Bonchev–Trinajstić information content (AvgIpc) is 3.35. The summed E-state index contributed by atoms with van der Waals surface area (Å²) in [4.78, 5) is 14.0. The molecule has 0 radical (unpaired) electrons. The van der Waals surface area contributed by atoms with Gasteiger partial charge in [-0.15, -0.1) is 5.10 Å². The van der Waals surface area contributed by atoms with Gasteiger partial charge < -0.3 is 9.84 Å². The first-order valence-electron chi connectivity index (χ1n) is 14.2. The van der Waals surface area contributed by atoms with Crippen LogP contribution in [0.2, 0.25) is 0 Å². The van der Waals surface area contributed by atoms with Crippen LogP contribution < -0.4 is 4.74 Å². The summed E-state index contributed by atoms with van der Waals surface area (Å²) >= 11 is 0. The van der Waals surface area contributed by atoms with E-state index in [2.05, 4.69) is 31.1 Å². The predicted octanol–water partition coefficient (Wildman–Crippen LogP) is 5.66. The fraction of sp³-hybridized carbons (Fsp3) is 0.767. The van der Waals surface area contributed by atoms with Crippen LogP contribution in [0.15, 0.2) is 18.2 Å². The van der Waals surface area contributed by atoms with Crippen LogP contribution >= 0.6 is 0 Å². The van der Waals surface area contributed by atoms with Crippen LogP contribution in [-0.2, 0) is 11.3 Å². The van der Waals surface area contributed by atoms with Crippen molar-refractivity contribution in [3.63, 3.8) is 0 Å². The van der Waals surface area contributed by atoms with Gasteiger partial charge in [0.25, 0.3) is 0 Å². The number of hydrogen-bond acceptors (Lipinski definition) is 5. The number of aliphatic hydroxyl groups is 1. The summed E-state index contributed by atoms with van der Waals surface area (Å²) in [5.41, 5.74) is 1.57. The van der Waals surface area contributed by atoms with E-state index in [4.69, 9.17) is 4.74 Å². The second-order valence-corrected chi connectivity index (χ2v) is 13.7. The van der Waals surface area contributed by atoms with E-state index in [1.54, 1.807) is 11.8 Å². The summed E-state index contributed by atoms with van der Waals surface area (Å²) in [5.74, 6) is 4.25. The van der Waals surface area contributed by atoms with Gasteiger partial charge in [-0.3, -0.25) is 4.79 Å². The summed E-state index contributed by atoms with van der Waals surface area (Å²) in [6, 6.07) is 5.71. The fourth-order valence-corrected chi connectivity index (χ4v) is 9.92. The molecule has 0 saturated heterocycles. The number of Topliss-reactive ketones (excluding diaryl/α,β-unsaturated/α-hetero) is 1. The Morgan fingerprint density at radius 1 is 1.11 bits per heavy atom. The van der Waals surface area contributed by atoms with Gasteiger partial charge in [0.2, 0.25) is 0 Å². The number of nitrogens with zero attached hydrogens (tertiary/aromatic N) is 3. The van der Waals surface area contributed by atoms with Gasteiger partial charge >= 0.3 is 0 Å². The van der Waals surface area contributed by atoms with Crippen molar-refractivity contribution in [2.75, 3.05) is 7.11 Å². The molecule has 0 spiro atoms. The van der Waals surface area contributed by atoms with Crippen LogP contribution in [0.3, 0.4) is 0 Å². The molecule has 1 aromatic heterocycles. The smallest absolute Gasteiger partial charge is 0.158 e. The highest BCUT2D eigenvalue weighted by molar-refractivity contribution is 5.84. The number of carbonyl (C=O) groups excluding carboxylic acids is 1. The predicted molar refractivity (Wildman–Crippen MR) is 139 cm³/mol. The van der Waals surface area contributed by atoms with Crippen LogP contribution in [0, 0.1) is 46.3 Å². The molecule has 0 bridgehead atoms. The molecule has 1 aromatic carbocycles. The summed E-state index contributed by atoms with van der Waals surface area (Å²) in [5, 5.41) is 19.4. The monoisotopic (exact) mass is 493 g/mol. The Kier molecular flexibility index (Phi) is 5.61. The molecule has 4 aliphatic carbocycles. The molecule has 0 amide bonds. The van der Waals surface area contributed by atoms with E-state index in [1.165, 1.54) is 25.7 Å². The minimum absolute atomic E-state index is 0.0646. The number of carbonyl (C=O) groups is 1. The topological polar surface area (TPSA) is 77.2 Å². The Balaban J connectivity index is 1.25. The van der Waals surface area contributed by atoms with Gasteiger partial charge in [-0.2, -0.15) is 0 Å². The summed E-state index contributed by atoms with van der Waals surface area (Å²) in [6.45, 7) is 9.61. The first kappa shape index (κ1) is 24.4. The van der Waals surface area contributed by atoms with Gasteiger partial charge in [-0.05, 0) is 111 Å². The number of aromatic nitrogens is 3. The summed E-state index contributed by atoms with van der Waals surface area (Å²) in [7, 11) is 1.65. The lowest BCUT2D eigenvalue weighted by molar-refractivity contribution is -0.151. The molecule has 1 unspecified atom stereocenters. The standard InChI is InChI=1S/C30H43N3O3/c1-18-14-23-21-8-6-19-16-28(2,35)12-13-29(19,3)22(21)10-11-30(23,4)27(18)26(34)17-33-25-15-20(36-5)7-9-24(25)31-32-33/h7,9,15,18-19,21-23,27,35H,6,8,10-14,16-17H2,1-5H3/t18-,19+,21-,22+,23+,27?,28-,29+,30+/m1/s1. The number of hydrogen-bond donors (Lipinski definition) is 1. The molecule has 2 aromatic rings. The van der Waals surface area contributed by atoms with Crippen molar-refractivity contribution in [3.05, 3.63) is 18.2 Å². The van der Waals surface area contributed by atoms with E-state index in [0.717, 1.165) is 48.4 Å². The minimum Gasteiger partial charge on any atom is -0.497 e. The molecule has 36 heavy (non-hydrogen) atoms. The summed E-state index contributed by atoms with van der Waals surface area (Å²) < 4.78 is 7.17. The third kappa shape index (κ3) is 3.57. The van der Waals surface area contributed by atoms with Gasteiger partial charge in [-0.25, -0.2) is 4.68 Å². The zero-order valence-corrected chi connectivity index (χ0v) is 22.7. The Hall–Kier alpha value is -1.95. The summed E-state index contributed by atoms with van der Waals surface area (Å²) in [6.07, 6.45) is 9.08. The van der Waals surface area contributed by atoms with Crippen LogP contribution in [0.4, 0.5) is 0 Å². The molecular weight excluding hydrogens is 450 g/mol. The molecule has 6 heteroatoms. The van der Waals surface area contributed by atoms with Gasteiger partial charge in [0, 0.05) is 12.0 Å². The molecule has 4 saturated carbocycles. The van der Waals surface area contributed by atoms with Crippen molar-refractivity contribution in [1.29, 1.82) is 0 Å². The van der Waals surface area contributed by atoms with Crippen LogP contribution in [-0.4, -0.2) is 38.6 Å². The van der Waals surface area contributed by atoms with E-state index in [0.29, 0.717) is 34.9 Å². The maximum absolute atomic E-state index is 14.0. The molecule has 6 nitrogen and oxygen atoms in total. The van der Waals surface area contributed by atoms with Crippen LogP contribution in [0.1, 0.15) is 79.1 Å². The van der Waals surface area contributed by atoms with Crippen molar-refractivity contribution in [2.45, 2.75) is 91.2 Å². The average molecular weight is 494 g/mol. The first-order valence-corrected chi connectivity index (χ1v) is 14.2. The highest BCUT2D eigenvalue weighted by Gasteiger charge is 2.63. The first-order chi connectivity index (χ1) is 17.1. The van der Waals surface area contributed by atoms with Crippen molar-refractivity contribution >= 4 is 16.8 Å². The molecule has 9 atom stereocenters. The molecule has 4 fully saturated rings. The largest absolute Gasteiger partial charge is 0.497 e. The zero-order chi connectivity index (χ0) is 25.5. The lowest BCUT2D eigenvalue weighted by Crippen LogP contribution is -2.55. The van der Waals surface area contributed by atoms with Gasteiger partial charge in [0.15, 0.2) is 5.78 Å². The molecule has 0 aliphatic heterocycles. The molecule has 1 N–H and O–H groups in total.